The summed E-state index contributed by atoms with van der Waals surface area (Å²) in [7, 11) is 1.93. The average Bonchev–Trinajstić information content (AvgIpc) is 3.28. The van der Waals surface area contributed by atoms with Crippen LogP contribution in [0, 0.1) is 0 Å². The smallest absolute Gasteiger partial charge is 0.197 e. The van der Waals surface area contributed by atoms with Crippen LogP contribution in [-0.2, 0) is 29.7 Å². The van der Waals surface area contributed by atoms with Crippen molar-refractivity contribution in [2.75, 3.05) is 5.73 Å². The summed E-state index contributed by atoms with van der Waals surface area (Å²) in [5.41, 5.74) is 8.97. The number of benzene rings is 3. The van der Waals surface area contributed by atoms with Gasteiger partial charge in [-0.3, -0.25) is 9.59 Å². The number of thioether (sulfide) groups is 1. The van der Waals surface area contributed by atoms with Crippen LogP contribution in [0.5, 0.6) is 17.2 Å². The maximum atomic E-state index is 12.0. The van der Waals surface area contributed by atoms with Crippen molar-refractivity contribution in [3.8, 4) is 17.2 Å². The molecule has 1 atom stereocenters. The van der Waals surface area contributed by atoms with Gasteiger partial charge in [0.25, 0.3) is 0 Å². The summed E-state index contributed by atoms with van der Waals surface area (Å²) < 4.78 is 22.1. The highest BCUT2D eigenvalue weighted by atomic mass is 32.2. The molecule has 5 rings (SSSR count). The van der Waals surface area contributed by atoms with Crippen LogP contribution in [0.1, 0.15) is 19.2 Å². The lowest BCUT2D eigenvalue weighted by Crippen LogP contribution is -2.13. The van der Waals surface area contributed by atoms with E-state index < -0.39 is 5.23 Å². The summed E-state index contributed by atoms with van der Waals surface area (Å²) in [6, 6.07) is 20.2. The third-order valence-electron chi connectivity index (χ3n) is 5.57. The summed E-state index contributed by atoms with van der Waals surface area (Å²) in [6.45, 7) is 0.268. The van der Waals surface area contributed by atoms with Gasteiger partial charge in [-0.1, -0.05) is 23.9 Å². The lowest BCUT2D eigenvalue weighted by Gasteiger charge is -2.09. The molecule has 2 N–H and O–H groups in total. The van der Waals surface area contributed by atoms with Crippen molar-refractivity contribution < 1.29 is 20.4 Å². The Balaban J connectivity index is 1.25. The molecule has 1 saturated heterocycles. The number of ether oxygens (including phenoxy) is 2. The number of imidazole rings is 1. The predicted octanol–water partition coefficient (Wildman–Crippen LogP) is 4.67. The van der Waals surface area contributed by atoms with E-state index >= 15 is 0 Å². The van der Waals surface area contributed by atoms with Gasteiger partial charge in [0, 0.05) is 18.8 Å². The Morgan fingerprint density at radius 3 is 2.47 bits per heavy atom. The molecule has 1 aromatic heterocycles. The molecule has 7 nitrogen and oxygen atoms in total. The Morgan fingerprint density at radius 1 is 1.06 bits per heavy atom. The molecule has 0 saturated carbocycles. The zero-order valence-corrected chi connectivity index (χ0v) is 19.3. The molecule has 4 aromatic rings. The zero-order chi connectivity index (χ0) is 24.6. The topological polar surface area (TPSA) is 96.4 Å². The van der Waals surface area contributed by atoms with Gasteiger partial charge in [-0.15, -0.1) is 0 Å². The van der Waals surface area contributed by atoms with Gasteiger partial charge in [0.15, 0.2) is 10.9 Å². The molecule has 3 aromatic carbocycles. The van der Waals surface area contributed by atoms with E-state index in [1.807, 2.05) is 54.1 Å². The highest BCUT2D eigenvalue weighted by Crippen LogP contribution is 2.29. The van der Waals surface area contributed by atoms with Gasteiger partial charge < -0.3 is 19.8 Å². The normalized spacial score (nSPS) is 18.3. The maximum absolute atomic E-state index is 12.0. The summed E-state index contributed by atoms with van der Waals surface area (Å²) in [5.74, 6) is 2.46. The first-order valence-corrected chi connectivity index (χ1v) is 11.6. The lowest BCUT2D eigenvalue weighted by atomic mass is 10.1. The molecule has 1 aliphatic rings. The highest BCUT2D eigenvalue weighted by Gasteiger charge is 2.31. The van der Waals surface area contributed by atoms with Gasteiger partial charge in [-0.25, -0.2) is 4.98 Å². The largest absolute Gasteiger partial charge is 0.486 e. The Kier molecular flexibility index (Phi) is 5.64. The molecule has 34 heavy (non-hydrogen) atoms. The highest BCUT2D eigenvalue weighted by molar-refractivity contribution is 8.15. The third-order valence-corrected chi connectivity index (χ3v) is 6.56. The summed E-state index contributed by atoms with van der Waals surface area (Å²) in [5, 5.41) is -1.67. The molecule has 0 radical (unpaired) electrons. The summed E-state index contributed by atoms with van der Waals surface area (Å²) >= 11 is 0.810. The van der Waals surface area contributed by atoms with E-state index in [1.54, 1.807) is 24.3 Å². The number of rotatable bonds is 7. The fourth-order valence-electron chi connectivity index (χ4n) is 3.72. The molecular weight excluding hydrogens is 450 g/mol. The van der Waals surface area contributed by atoms with Gasteiger partial charge >= 0.3 is 0 Å². The number of hydrogen-bond donors (Lipinski definition) is 1. The van der Waals surface area contributed by atoms with Crippen LogP contribution in [0.4, 0.5) is 5.69 Å². The van der Waals surface area contributed by atoms with Gasteiger partial charge in [0.05, 0.1) is 24.1 Å². The number of aromatic nitrogens is 2. The molecule has 8 heteroatoms. The quantitative estimate of drug-likeness (QED) is 0.307. The number of carbonyl (C=O) groups is 2. The molecule has 1 fully saturated rings. The SMILES string of the molecule is [2H][C@@]1(Cc2ccc(OCc3nc4ccc(Oc5ccc(N)cc5)cc4n3C)cc2)SC(=O)CC1=O. The Labute approximate surface area is 202 Å². The van der Waals surface area contributed by atoms with Gasteiger partial charge in [0.1, 0.15) is 29.7 Å². The first-order valence-electron chi connectivity index (χ1n) is 11.2. The van der Waals surface area contributed by atoms with Crippen molar-refractivity contribution in [3.05, 3.63) is 78.1 Å². The first kappa shape index (κ1) is 20.8. The molecule has 0 amide bonds. The number of fused-ring (bicyclic) bond motifs is 1. The zero-order valence-electron chi connectivity index (χ0n) is 19.5. The van der Waals surface area contributed by atoms with Gasteiger partial charge in [0.2, 0.25) is 0 Å². The minimum Gasteiger partial charge on any atom is -0.486 e. The molecule has 0 bridgehead atoms. The second-order valence-electron chi connectivity index (χ2n) is 8.02. The summed E-state index contributed by atoms with van der Waals surface area (Å²) in [6.07, 6.45) is 0.0242. The Hall–Kier alpha value is -3.78. The number of Topliss-reactive ketones (excluding diaryl/α,β-unsaturated/α-hetero) is 1. The van der Waals surface area contributed by atoms with E-state index in [2.05, 4.69) is 4.98 Å². The number of carbonyl (C=O) groups excluding carboxylic acids is 2. The van der Waals surface area contributed by atoms with E-state index in [9.17, 15) is 9.59 Å². The standard InChI is InChI=1S/C26H23N3O4S/c1-29-22-13-20(33-19-8-4-17(27)5-9-19)10-11-21(22)28-25(29)15-32-18-6-2-16(3-7-18)12-24-23(30)14-26(31)34-24/h2-11,13,24H,12,14-15,27H2,1H3/t24-/m0/s1/i24D. The van der Waals surface area contributed by atoms with Crippen LogP contribution >= 0.6 is 11.8 Å². The van der Waals surface area contributed by atoms with Crippen molar-refractivity contribution in [2.24, 2.45) is 7.05 Å². The van der Waals surface area contributed by atoms with Crippen molar-refractivity contribution >= 4 is 39.4 Å². The van der Waals surface area contributed by atoms with E-state index in [0.29, 0.717) is 22.9 Å². The van der Waals surface area contributed by atoms with Crippen LogP contribution in [0.25, 0.3) is 11.0 Å². The lowest BCUT2D eigenvalue weighted by molar-refractivity contribution is -0.121. The molecule has 0 unspecified atom stereocenters. The summed E-state index contributed by atoms with van der Waals surface area (Å²) in [4.78, 5) is 28.2. The molecular formula is C26H23N3O4S. The predicted molar refractivity (Wildman–Crippen MR) is 132 cm³/mol. The van der Waals surface area contributed by atoms with Crippen LogP contribution in [0.2, 0.25) is 0 Å². The van der Waals surface area contributed by atoms with Crippen molar-refractivity contribution in [2.45, 2.75) is 24.7 Å². The van der Waals surface area contributed by atoms with E-state index in [1.165, 1.54) is 0 Å². The second-order valence-corrected chi connectivity index (χ2v) is 9.17. The van der Waals surface area contributed by atoms with Crippen LogP contribution < -0.4 is 15.2 Å². The van der Waals surface area contributed by atoms with E-state index in [4.69, 9.17) is 16.6 Å². The van der Waals surface area contributed by atoms with E-state index in [-0.39, 0.29) is 30.3 Å². The van der Waals surface area contributed by atoms with Crippen LogP contribution in [0.3, 0.4) is 0 Å². The number of nitrogen functional groups attached to an aromatic ring is 1. The number of nitrogens with zero attached hydrogens (tertiary/aromatic N) is 2. The average molecular weight is 475 g/mol. The molecule has 0 aliphatic carbocycles. The third kappa shape index (κ3) is 4.77. The Bertz CT molecular complexity index is 1420. The van der Waals surface area contributed by atoms with Crippen molar-refractivity contribution in [1.29, 1.82) is 0 Å². The molecule has 172 valence electrons. The molecule has 1 aliphatic heterocycles. The monoisotopic (exact) mass is 474 g/mol. The molecule has 0 spiro atoms. The number of anilines is 1. The van der Waals surface area contributed by atoms with Crippen molar-refractivity contribution in [3.63, 3.8) is 0 Å². The van der Waals surface area contributed by atoms with Gasteiger partial charge in [-0.2, -0.15) is 0 Å². The van der Waals surface area contributed by atoms with Crippen LogP contribution in [0.15, 0.2) is 66.7 Å². The number of aryl methyl sites for hydroxylation is 1. The maximum Gasteiger partial charge on any atom is 0.197 e. The number of ketones is 1. The minimum absolute atomic E-state index is 0.164. The number of hydrogen-bond acceptors (Lipinski definition) is 7. The minimum atomic E-state index is -1.43. The first-order chi connectivity index (χ1) is 16.8. The fourth-order valence-corrected chi connectivity index (χ4v) is 4.62. The molecule has 2 heterocycles. The van der Waals surface area contributed by atoms with Gasteiger partial charge in [-0.05, 0) is 60.5 Å². The van der Waals surface area contributed by atoms with E-state index in [0.717, 1.165) is 34.2 Å². The Morgan fingerprint density at radius 2 is 1.76 bits per heavy atom. The fraction of sp³-hybridized carbons (Fsp3) is 0.192. The second kappa shape index (κ2) is 9.23. The van der Waals surface area contributed by atoms with Crippen molar-refractivity contribution in [1.82, 2.24) is 9.55 Å². The number of nitrogens with two attached hydrogens (primary N) is 1. The van der Waals surface area contributed by atoms with Crippen LogP contribution in [-0.4, -0.2) is 25.7 Å².